The molecule has 2 rings (SSSR count). The Balaban J connectivity index is 2.36. The molecule has 18 heavy (non-hydrogen) atoms. The Labute approximate surface area is 111 Å². The lowest BCUT2D eigenvalue weighted by Gasteiger charge is -2.13. The van der Waals surface area contributed by atoms with E-state index >= 15 is 0 Å². The fourth-order valence-electron chi connectivity index (χ4n) is 1.61. The van der Waals surface area contributed by atoms with Gasteiger partial charge in [0.15, 0.2) is 11.5 Å². The lowest BCUT2D eigenvalue weighted by Crippen LogP contribution is -2.00. The quantitative estimate of drug-likeness (QED) is 0.917. The van der Waals surface area contributed by atoms with Crippen LogP contribution in [0, 0.1) is 0 Å². The molecule has 0 saturated heterocycles. The fourth-order valence-corrected chi connectivity index (χ4v) is 1.78. The van der Waals surface area contributed by atoms with E-state index in [4.69, 9.17) is 26.8 Å². The third-order valence-electron chi connectivity index (χ3n) is 2.54. The second-order valence-corrected chi connectivity index (χ2v) is 4.15. The summed E-state index contributed by atoms with van der Waals surface area (Å²) in [5.41, 5.74) is 6.56. The summed E-state index contributed by atoms with van der Waals surface area (Å²) in [5, 5.41) is 0.608. The third kappa shape index (κ3) is 2.75. The number of para-hydroxylation sites is 2. The highest BCUT2D eigenvalue weighted by atomic mass is 35.5. The van der Waals surface area contributed by atoms with Crippen molar-refractivity contribution in [1.29, 1.82) is 0 Å². The summed E-state index contributed by atoms with van der Waals surface area (Å²) in [6, 6.07) is 12.8. The van der Waals surface area contributed by atoms with Gasteiger partial charge in [-0.1, -0.05) is 29.8 Å². The van der Waals surface area contributed by atoms with Crippen molar-refractivity contribution in [1.82, 2.24) is 0 Å². The van der Waals surface area contributed by atoms with Gasteiger partial charge in [0.25, 0.3) is 0 Å². The highest BCUT2D eigenvalue weighted by Crippen LogP contribution is 2.33. The summed E-state index contributed by atoms with van der Waals surface area (Å²) in [7, 11) is 1.60. The van der Waals surface area contributed by atoms with Gasteiger partial charge in [-0.2, -0.15) is 0 Å². The smallest absolute Gasteiger partial charge is 0.169 e. The second-order valence-electron chi connectivity index (χ2n) is 3.71. The maximum atomic E-state index is 5.96. The molecule has 94 valence electrons. The number of hydrogen-bond donors (Lipinski definition) is 1. The molecule has 0 bridgehead atoms. The van der Waals surface area contributed by atoms with Crippen molar-refractivity contribution in [2.75, 3.05) is 7.11 Å². The molecule has 0 amide bonds. The van der Waals surface area contributed by atoms with Crippen LogP contribution in [0.4, 0.5) is 0 Å². The maximum absolute atomic E-state index is 5.96. The van der Waals surface area contributed by atoms with E-state index in [9.17, 15) is 0 Å². The zero-order valence-electron chi connectivity index (χ0n) is 10.0. The fraction of sp³-hybridized carbons (Fsp3) is 0.143. The maximum Gasteiger partial charge on any atom is 0.169 e. The summed E-state index contributed by atoms with van der Waals surface area (Å²) in [6.07, 6.45) is 0. The Kier molecular flexibility index (Phi) is 4.07. The van der Waals surface area contributed by atoms with Crippen LogP contribution in [0.5, 0.6) is 17.2 Å². The summed E-state index contributed by atoms with van der Waals surface area (Å²) in [6.45, 7) is 0.391. The molecule has 0 aliphatic carbocycles. The Morgan fingerprint density at radius 1 is 1.06 bits per heavy atom. The van der Waals surface area contributed by atoms with Gasteiger partial charge in [-0.15, -0.1) is 0 Å². The lowest BCUT2D eigenvalue weighted by molar-refractivity contribution is 0.377. The van der Waals surface area contributed by atoms with Crippen LogP contribution in [0.1, 0.15) is 5.56 Å². The van der Waals surface area contributed by atoms with E-state index in [1.165, 1.54) is 0 Å². The van der Waals surface area contributed by atoms with Crippen molar-refractivity contribution in [3.63, 3.8) is 0 Å². The molecule has 2 aromatic rings. The molecule has 0 spiro atoms. The van der Waals surface area contributed by atoms with Crippen molar-refractivity contribution in [3.8, 4) is 17.2 Å². The van der Waals surface area contributed by atoms with E-state index < -0.39 is 0 Å². The van der Waals surface area contributed by atoms with Crippen LogP contribution in [-0.2, 0) is 6.54 Å². The number of hydrogen-bond acceptors (Lipinski definition) is 3. The number of ether oxygens (including phenoxy) is 2. The zero-order chi connectivity index (χ0) is 13.0. The molecule has 3 nitrogen and oxygen atoms in total. The molecule has 2 N–H and O–H groups in total. The summed E-state index contributed by atoms with van der Waals surface area (Å²) in [4.78, 5) is 0. The van der Waals surface area contributed by atoms with Crippen molar-refractivity contribution < 1.29 is 9.47 Å². The first-order valence-electron chi connectivity index (χ1n) is 5.54. The molecule has 0 fully saturated rings. The van der Waals surface area contributed by atoms with Gasteiger partial charge in [0.05, 0.1) is 7.11 Å². The normalized spacial score (nSPS) is 10.2. The molecule has 0 radical (unpaired) electrons. The Hall–Kier alpha value is -1.71. The average molecular weight is 264 g/mol. The van der Waals surface area contributed by atoms with Gasteiger partial charge in [0.1, 0.15) is 5.75 Å². The van der Waals surface area contributed by atoms with Crippen LogP contribution in [0.25, 0.3) is 0 Å². The van der Waals surface area contributed by atoms with Crippen LogP contribution < -0.4 is 15.2 Å². The largest absolute Gasteiger partial charge is 0.493 e. The van der Waals surface area contributed by atoms with Crippen LogP contribution in [0.2, 0.25) is 5.02 Å². The van der Waals surface area contributed by atoms with E-state index in [1.54, 1.807) is 19.2 Å². The van der Waals surface area contributed by atoms with E-state index in [-0.39, 0.29) is 0 Å². The minimum atomic E-state index is 0.391. The monoisotopic (exact) mass is 263 g/mol. The van der Waals surface area contributed by atoms with E-state index in [2.05, 4.69) is 0 Å². The molecular formula is C14H14ClNO2. The summed E-state index contributed by atoms with van der Waals surface area (Å²) >= 11 is 5.96. The molecule has 0 unspecified atom stereocenters. The molecule has 0 aliphatic heterocycles. The highest BCUT2D eigenvalue weighted by molar-refractivity contribution is 6.30. The van der Waals surface area contributed by atoms with Crippen LogP contribution in [-0.4, -0.2) is 7.11 Å². The SMILES string of the molecule is COc1ccccc1Oc1cc(Cl)ccc1CN. The van der Waals surface area contributed by atoms with Crippen LogP contribution in [0.3, 0.4) is 0 Å². The van der Waals surface area contributed by atoms with E-state index in [0.717, 1.165) is 5.56 Å². The molecule has 0 saturated carbocycles. The van der Waals surface area contributed by atoms with Crippen LogP contribution in [0.15, 0.2) is 42.5 Å². The minimum Gasteiger partial charge on any atom is -0.493 e. The molecular weight excluding hydrogens is 250 g/mol. The zero-order valence-corrected chi connectivity index (χ0v) is 10.8. The Bertz CT molecular complexity index is 543. The predicted octanol–water partition coefficient (Wildman–Crippen LogP) is 3.60. The Morgan fingerprint density at radius 2 is 1.78 bits per heavy atom. The van der Waals surface area contributed by atoms with Crippen molar-refractivity contribution >= 4 is 11.6 Å². The average Bonchev–Trinajstić information content (AvgIpc) is 2.40. The highest BCUT2D eigenvalue weighted by Gasteiger charge is 2.08. The topological polar surface area (TPSA) is 44.5 Å². The molecule has 0 aromatic heterocycles. The van der Waals surface area contributed by atoms with Crippen molar-refractivity contribution in [2.45, 2.75) is 6.54 Å². The molecule has 0 atom stereocenters. The van der Waals surface area contributed by atoms with Gasteiger partial charge in [-0.25, -0.2) is 0 Å². The minimum absolute atomic E-state index is 0.391. The number of rotatable bonds is 4. The lowest BCUT2D eigenvalue weighted by atomic mass is 10.2. The first kappa shape index (κ1) is 12.7. The van der Waals surface area contributed by atoms with Crippen molar-refractivity contribution in [2.24, 2.45) is 5.73 Å². The Morgan fingerprint density at radius 3 is 2.44 bits per heavy atom. The van der Waals surface area contributed by atoms with Crippen LogP contribution >= 0.6 is 11.6 Å². The van der Waals surface area contributed by atoms with Gasteiger partial charge in [0, 0.05) is 17.1 Å². The van der Waals surface area contributed by atoms with Gasteiger partial charge >= 0.3 is 0 Å². The first-order chi connectivity index (χ1) is 8.74. The van der Waals surface area contributed by atoms with E-state index in [1.807, 2.05) is 30.3 Å². The van der Waals surface area contributed by atoms with Gasteiger partial charge < -0.3 is 15.2 Å². The summed E-state index contributed by atoms with van der Waals surface area (Å²) in [5.74, 6) is 1.95. The number of halogens is 1. The van der Waals surface area contributed by atoms with Crippen molar-refractivity contribution in [3.05, 3.63) is 53.1 Å². The number of methoxy groups -OCH3 is 1. The molecule has 4 heteroatoms. The number of nitrogens with two attached hydrogens (primary N) is 1. The second kappa shape index (κ2) is 5.76. The molecule has 0 heterocycles. The number of benzene rings is 2. The summed E-state index contributed by atoms with van der Waals surface area (Å²) < 4.78 is 11.0. The standard InChI is InChI=1S/C14H14ClNO2/c1-17-12-4-2-3-5-13(12)18-14-8-11(15)7-6-10(14)9-16/h2-8H,9,16H2,1H3. The van der Waals surface area contributed by atoms with Gasteiger partial charge in [-0.3, -0.25) is 0 Å². The first-order valence-corrected chi connectivity index (χ1v) is 5.91. The molecule has 0 aliphatic rings. The predicted molar refractivity (Wildman–Crippen MR) is 72.4 cm³/mol. The third-order valence-corrected chi connectivity index (χ3v) is 2.77. The van der Waals surface area contributed by atoms with E-state index in [0.29, 0.717) is 28.8 Å². The molecule has 2 aromatic carbocycles. The van der Waals surface area contributed by atoms with Gasteiger partial charge in [0.2, 0.25) is 0 Å². The van der Waals surface area contributed by atoms with Gasteiger partial charge in [-0.05, 0) is 24.3 Å².